The summed E-state index contributed by atoms with van der Waals surface area (Å²) >= 11 is 0. The van der Waals surface area contributed by atoms with Gasteiger partial charge in [0.25, 0.3) is 0 Å². The second-order valence-electron chi connectivity index (χ2n) is 3.80. The van der Waals surface area contributed by atoms with Gasteiger partial charge in [-0.3, -0.25) is 0 Å². The summed E-state index contributed by atoms with van der Waals surface area (Å²) in [4.78, 5) is 0. The highest BCUT2D eigenvalue weighted by molar-refractivity contribution is 4.90. The Kier molecular flexibility index (Phi) is 1.70. The molecule has 4 heteroatoms. The standard InChI is InChI=1S/C8H14O4/c1-4-5(9)6-7(10-4)12-8(2,3)11-6/h4-7,9H,1-3H3/t4-,5+,6-,7+/m1/s1. The van der Waals surface area contributed by atoms with Gasteiger partial charge in [0.15, 0.2) is 12.1 Å². The second kappa shape index (κ2) is 2.42. The molecule has 2 saturated heterocycles. The van der Waals surface area contributed by atoms with Gasteiger partial charge in [0.2, 0.25) is 0 Å². The van der Waals surface area contributed by atoms with E-state index in [1.165, 1.54) is 0 Å². The van der Waals surface area contributed by atoms with E-state index >= 15 is 0 Å². The summed E-state index contributed by atoms with van der Waals surface area (Å²) < 4.78 is 16.2. The molecule has 0 spiro atoms. The predicted octanol–water partition coefficient (Wildman–Crippen LogP) is 0.244. The predicted molar refractivity (Wildman–Crippen MR) is 40.4 cm³/mol. The zero-order valence-corrected chi connectivity index (χ0v) is 7.48. The minimum absolute atomic E-state index is 0.198. The number of aliphatic hydroxyl groups is 1. The van der Waals surface area contributed by atoms with E-state index in [-0.39, 0.29) is 12.2 Å². The van der Waals surface area contributed by atoms with Crippen LogP contribution >= 0.6 is 0 Å². The van der Waals surface area contributed by atoms with Crippen molar-refractivity contribution in [3.8, 4) is 0 Å². The molecule has 0 aromatic rings. The quantitative estimate of drug-likeness (QED) is 0.571. The smallest absolute Gasteiger partial charge is 0.190 e. The van der Waals surface area contributed by atoms with Gasteiger partial charge in [-0.2, -0.15) is 0 Å². The van der Waals surface area contributed by atoms with E-state index in [0.717, 1.165) is 0 Å². The molecule has 0 aliphatic carbocycles. The third-order valence-corrected chi connectivity index (χ3v) is 2.25. The third-order valence-electron chi connectivity index (χ3n) is 2.25. The van der Waals surface area contributed by atoms with Crippen molar-refractivity contribution in [3.63, 3.8) is 0 Å². The fraction of sp³-hybridized carbons (Fsp3) is 1.00. The molecule has 0 aromatic carbocycles. The number of fused-ring (bicyclic) bond motifs is 1. The number of hydrogen-bond donors (Lipinski definition) is 1. The maximum atomic E-state index is 9.57. The fourth-order valence-electron chi connectivity index (χ4n) is 1.65. The van der Waals surface area contributed by atoms with Gasteiger partial charge in [0.1, 0.15) is 12.2 Å². The average molecular weight is 174 g/mol. The van der Waals surface area contributed by atoms with E-state index in [2.05, 4.69) is 0 Å². The van der Waals surface area contributed by atoms with E-state index in [1.807, 2.05) is 20.8 Å². The normalized spacial score (nSPS) is 51.0. The summed E-state index contributed by atoms with van der Waals surface area (Å²) in [6, 6.07) is 0. The monoisotopic (exact) mass is 174 g/mol. The average Bonchev–Trinajstić information content (AvgIpc) is 2.33. The molecule has 70 valence electrons. The number of rotatable bonds is 0. The molecule has 0 aromatic heterocycles. The van der Waals surface area contributed by atoms with Gasteiger partial charge in [0.05, 0.1) is 6.10 Å². The van der Waals surface area contributed by atoms with Crippen molar-refractivity contribution >= 4 is 0 Å². The van der Waals surface area contributed by atoms with Gasteiger partial charge in [-0.15, -0.1) is 0 Å². The van der Waals surface area contributed by atoms with E-state index in [0.29, 0.717) is 0 Å². The Morgan fingerprint density at radius 3 is 2.50 bits per heavy atom. The molecule has 0 saturated carbocycles. The molecule has 1 N–H and O–H groups in total. The minimum atomic E-state index is -0.629. The van der Waals surface area contributed by atoms with Crippen LogP contribution in [-0.4, -0.2) is 35.5 Å². The molecule has 4 atom stereocenters. The molecule has 2 heterocycles. The lowest BCUT2D eigenvalue weighted by Crippen LogP contribution is -2.33. The van der Waals surface area contributed by atoms with Crippen LogP contribution in [0.4, 0.5) is 0 Å². The zero-order valence-electron chi connectivity index (χ0n) is 7.48. The largest absolute Gasteiger partial charge is 0.387 e. The topological polar surface area (TPSA) is 47.9 Å². The summed E-state index contributed by atoms with van der Waals surface area (Å²) in [5.74, 6) is -0.629. The van der Waals surface area contributed by atoms with Crippen molar-refractivity contribution < 1.29 is 19.3 Å². The van der Waals surface area contributed by atoms with Gasteiger partial charge in [-0.1, -0.05) is 0 Å². The summed E-state index contributed by atoms with van der Waals surface area (Å²) in [7, 11) is 0. The molecule has 2 aliphatic rings. The van der Waals surface area contributed by atoms with Crippen LogP contribution < -0.4 is 0 Å². The molecule has 12 heavy (non-hydrogen) atoms. The van der Waals surface area contributed by atoms with Crippen molar-refractivity contribution in [1.82, 2.24) is 0 Å². The maximum Gasteiger partial charge on any atom is 0.190 e. The Morgan fingerprint density at radius 1 is 1.25 bits per heavy atom. The molecule has 2 aliphatic heterocycles. The van der Waals surface area contributed by atoms with Gasteiger partial charge < -0.3 is 19.3 Å². The van der Waals surface area contributed by atoms with Crippen molar-refractivity contribution in [2.24, 2.45) is 0 Å². The molecule has 4 nitrogen and oxygen atoms in total. The zero-order chi connectivity index (χ0) is 8.93. The van der Waals surface area contributed by atoms with Gasteiger partial charge >= 0.3 is 0 Å². The summed E-state index contributed by atoms with van der Waals surface area (Å²) in [5, 5.41) is 9.57. The van der Waals surface area contributed by atoms with Gasteiger partial charge in [-0.05, 0) is 20.8 Å². The highest BCUT2D eigenvalue weighted by Crippen LogP contribution is 2.36. The first-order chi connectivity index (χ1) is 5.49. The maximum absolute atomic E-state index is 9.57. The van der Waals surface area contributed by atoms with Crippen molar-refractivity contribution in [2.45, 2.75) is 51.2 Å². The van der Waals surface area contributed by atoms with E-state index in [9.17, 15) is 5.11 Å². The number of aliphatic hydroxyl groups excluding tert-OH is 1. The van der Waals surface area contributed by atoms with Crippen molar-refractivity contribution in [1.29, 1.82) is 0 Å². The molecule has 0 radical (unpaired) electrons. The first-order valence-corrected chi connectivity index (χ1v) is 4.19. The van der Waals surface area contributed by atoms with Crippen LogP contribution in [0.2, 0.25) is 0 Å². The van der Waals surface area contributed by atoms with Crippen molar-refractivity contribution in [2.75, 3.05) is 0 Å². The van der Waals surface area contributed by atoms with Crippen LogP contribution in [0.1, 0.15) is 20.8 Å². The Balaban J connectivity index is 2.11. The second-order valence-corrected chi connectivity index (χ2v) is 3.80. The minimum Gasteiger partial charge on any atom is -0.387 e. The summed E-state index contributed by atoms with van der Waals surface area (Å²) in [5.41, 5.74) is 0. The molecule has 0 bridgehead atoms. The number of ether oxygens (including phenoxy) is 3. The van der Waals surface area contributed by atoms with Gasteiger partial charge in [-0.25, -0.2) is 0 Å². The number of hydrogen-bond acceptors (Lipinski definition) is 4. The molecule has 2 fully saturated rings. The van der Waals surface area contributed by atoms with Crippen LogP contribution in [0.3, 0.4) is 0 Å². The van der Waals surface area contributed by atoms with E-state index < -0.39 is 18.2 Å². The molecular weight excluding hydrogens is 160 g/mol. The van der Waals surface area contributed by atoms with E-state index in [4.69, 9.17) is 14.2 Å². The van der Waals surface area contributed by atoms with Crippen LogP contribution in [0.25, 0.3) is 0 Å². The molecule has 2 rings (SSSR count). The SMILES string of the molecule is C[C@H]1O[C@H]2OC(C)(C)O[C@@H]2[C@H]1O. The van der Waals surface area contributed by atoms with Gasteiger partial charge in [0, 0.05) is 0 Å². The first-order valence-electron chi connectivity index (χ1n) is 4.19. The Bertz CT molecular complexity index is 191. The Labute approximate surface area is 71.4 Å². The summed E-state index contributed by atoms with van der Waals surface area (Å²) in [6.07, 6.45) is -1.49. The molecule has 0 unspecified atom stereocenters. The van der Waals surface area contributed by atoms with Crippen LogP contribution in [0.5, 0.6) is 0 Å². The lowest BCUT2D eigenvalue weighted by molar-refractivity contribution is -0.212. The fourth-order valence-corrected chi connectivity index (χ4v) is 1.65. The van der Waals surface area contributed by atoms with Crippen molar-refractivity contribution in [3.05, 3.63) is 0 Å². The van der Waals surface area contributed by atoms with Crippen LogP contribution in [0, 0.1) is 0 Å². The summed E-state index contributed by atoms with van der Waals surface area (Å²) in [6.45, 7) is 5.43. The van der Waals surface area contributed by atoms with Crippen LogP contribution in [0.15, 0.2) is 0 Å². The molecule has 0 amide bonds. The first kappa shape index (κ1) is 8.44. The lowest BCUT2D eigenvalue weighted by Gasteiger charge is -2.20. The van der Waals surface area contributed by atoms with E-state index in [1.54, 1.807) is 0 Å². The molecular formula is C8H14O4. The highest BCUT2D eigenvalue weighted by atomic mass is 16.8. The van der Waals surface area contributed by atoms with Crippen LogP contribution in [-0.2, 0) is 14.2 Å². The Morgan fingerprint density at radius 2 is 1.92 bits per heavy atom. The lowest BCUT2D eigenvalue weighted by atomic mass is 10.2. The Hall–Kier alpha value is -0.160. The third kappa shape index (κ3) is 1.15. The highest BCUT2D eigenvalue weighted by Gasteiger charge is 2.52.